The van der Waals surface area contributed by atoms with Crippen molar-refractivity contribution >= 4 is 17.0 Å². The first-order valence-corrected chi connectivity index (χ1v) is 9.87. The maximum atomic E-state index is 13.1. The van der Waals surface area contributed by atoms with Crippen molar-refractivity contribution in [2.45, 2.75) is 34.2 Å². The molecule has 4 aromatic rings. The normalized spacial score (nSPS) is 12.4. The first-order valence-electron chi connectivity index (χ1n) is 9.87. The highest BCUT2D eigenvalue weighted by Crippen LogP contribution is 2.26. The Kier molecular flexibility index (Phi) is 5.11. The third kappa shape index (κ3) is 3.83. The summed E-state index contributed by atoms with van der Waals surface area (Å²) in [4.78, 5) is 17.6. The van der Waals surface area contributed by atoms with Crippen LogP contribution < -0.4 is 5.32 Å². The van der Waals surface area contributed by atoms with Crippen LogP contribution in [-0.4, -0.2) is 42.2 Å². The summed E-state index contributed by atoms with van der Waals surface area (Å²) in [6, 6.07) is 3.82. The molecule has 4 aromatic heterocycles. The number of carbonyl (C=O) groups is 1. The van der Waals surface area contributed by atoms with Crippen LogP contribution in [-0.2, 0) is 13.6 Å². The largest absolute Gasteiger partial charge is 0.352 e. The number of nitrogens with zero attached hydrogens (tertiary/aromatic N) is 6. The highest BCUT2D eigenvalue weighted by atomic mass is 16.5. The van der Waals surface area contributed by atoms with E-state index < -0.39 is 0 Å². The number of carbonyl (C=O) groups excluding carboxylic acids is 1. The van der Waals surface area contributed by atoms with Crippen LogP contribution in [0.4, 0.5) is 0 Å². The lowest BCUT2D eigenvalue weighted by Gasteiger charge is -2.14. The molecule has 0 aliphatic rings. The van der Waals surface area contributed by atoms with Gasteiger partial charge in [0.15, 0.2) is 0 Å². The molecule has 1 unspecified atom stereocenters. The Hall–Kier alpha value is -3.49. The zero-order chi connectivity index (χ0) is 21.4. The van der Waals surface area contributed by atoms with Crippen LogP contribution in [0.5, 0.6) is 0 Å². The smallest absolute Gasteiger partial charge is 0.259 e. The van der Waals surface area contributed by atoms with Gasteiger partial charge in [-0.3, -0.25) is 14.2 Å². The zero-order valence-corrected chi connectivity index (χ0v) is 17.8. The van der Waals surface area contributed by atoms with Crippen molar-refractivity contribution in [3.63, 3.8) is 0 Å². The number of pyridine rings is 1. The Balaban J connectivity index is 1.56. The minimum absolute atomic E-state index is 0.181. The minimum atomic E-state index is -0.181. The summed E-state index contributed by atoms with van der Waals surface area (Å²) >= 11 is 0. The van der Waals surface area contributed by atoms with Crippen molar-refractivity contribution in [3.8, 4) is 11.3 Å². The fourth-order valence-corrected chi connectivity index (χ4v) is 3.56. The van der Waals surface area contributed by atoms with Crippen LogP contribution in [0.1, 0.15) is 34.4 Å². The maximum Gasteiger partial charge on any atom is 0.259 e. The molecule has 0 aliphatic carbocycles. The van der Waals surface area contributed by atoms with Gasteiger partial charge in [-0.15, -0.1) is 0 Å². The third-order valence-electron chi connectivity index (χ3n) is 5.06. The van der Waals surface area contributed by atoms with Crippen LogP contribution in [0, 0.1) is 26.7 Å². The van der Waals surface area contributed by atoms with Gasteiger partial charge >= 0.3 is 0 Å². The van der Waals surface area contributed by atoms with Gasteiger partial charge in [-0.1, -0.05) is 12.1 Å². The molecule has 0 aliphatic heterocycles. The fraction of sp³-hybridized carbons (Fsp3) is 0.381. The van der Waals surface area contributed by atoms with Gasteiger partial charge < -0.3 is 9.84 Å². The predicted molar refractivity (Wildman–Crippen MR) is 112 cm³/mol. The summed E-state index contributed by atoms with van der Waals surface area (Å²) in [6.45, 7) is 9.16. The number of amides is 1. The molecule has 0 saturated heterocycles. The first kappa shape index (κ1) is 19.8. The molecule has 4 rings (SSSR count). The van der Waals surface area contributed by atoms with E-state index in [1.165, 1.54) is 0 Å². The van der Waals surface area contributed by atoms with Gasteiger partial charge in [-0.2, -0.15) is 10.2 Å². The monoisotopic (exact) mass is 407 g/mol. The molecule has 0 bridgehead atoms. The second-order valence-corrected chi connectivity index (χ2v) is 7.83. The van der Waals surface area contributed by atoms with Crippen LogP contribution in [0.2, 0.25) is 0 Å². The Bertz CT molecular complexity index is 1220. The van der Waals surface area contributed by atoms with Gasteiger partial charge in [0.2, 0.25) is 0 Å². The summed E-state index contributed by atoms with van der Waals surface area (Å²) in [6.07, 6.45) is 3.55. The lowest BCUT2D eigenvalue weighted by Crippen LogP contribution is -2.30. The second kappa shape index (κ2) is 7.74. The standard InChI is InChI=1S/C21H25N7O2/c1-12(10-28-14(3)6-13(2)25-28)8-22-20(29)17-7-18(16-9-23-27(5)11-16)24-21-19(17)15(4)26-30-21/h6-7,9,11-12H,8,10H2,1-5H3,(H,22,29). The molecular weight excluding hydrogens is 382 g/mol. The Morgan fingerprint density at radius 3 is 2.73 bits per heavy atom. The van der Waals surface area contributed by atoms with Crippen molar-refractivity contribution in [3.05, 3.63) is 47.2 Å². The summed E-state index contributed by atoms with van der Waals surface area (Å²) < 4.78 is 9.01. The van der Waals surface area contributed by atoms with Gasteiger partial charge in [0, 0.05) is 37.6 Å². The van der Waals surface area contributed by atoms with E-state index in [4.69, 9.17) is 4.52 Å². The van der Waals surface area contributed by atoms with Gasteiger partial charge in [0.25, 0.3) is 11.6 Å². The maximum absolute atomic E-state index is 13.1. The highest BCUT2D eigenvalue weighted by Gasteiger charge is 2.20. The zero-order valence-electron chi connectivity index (χ0n) is 17.8. The molecule has 156 valence electrons. The molecule has 4 heterocycles. The topological polar surface area (TPSA) is 104 Å². The highest BCUT2D eigenvalue weighted by molar-refractivity contribution is 6.06. The molecule has 1 atom stereocenters. The molecule has 0 fully saturated rings. The summed E-state index contributed by atoms with van der Waals surface area (Å²) in [5.74, 6) is 0.0321. The molecule has 1 amide bonds. The molecule has 9 nitrogen and oxygen atoms in total. The molecule has 30 heavy (non-hydrogen) atoms. The summed E-state index contributed by atoms with van der Waals surface area (Å²) in [5, 5.41) is 16.3. The Morgan fingerprint density at radius 2 is 2.07 bits per heavy atom. The number of rotatable bonds is 6. The first-order chi connectivity index (χ1) is 14.3. The van der Waals surface area contributed by atoms with Crippen LogP contribution in [0.25, 0.3) is 22.4 Å². The fourth-order valence-electron chi connectivity index (χ4n) is 3.56. The molecule has 1 N–H and O–H groups in total. The molecule has 0 radical (unpaired) electrons. The van der Waals surface area contributed by atoms with Crippen LogP contribution in [0.3, 0.4) is 0 Å². The van der Waals surface area contributed by atoms with Gasteiger partial charge in [-0.25, -0.2) is 4.98 Å². The van der Waals surface area contributed by atoms with E-state index in [2.05, 4.69) is 32.6 Å². The van der Waals surface area contributed by atoms with E-state index in [0.717, 1.165) is 23.5 Å². The summed E-state index contributed by atoms with van der Waals surface area (Å²) in [7, 11) is 1.83. The second-order valence-electron chi connectivity index (χ2n) is 7.83. The van der Waals surface area contributed by atoms with E-state index in [-0.39, 0.29) is 11.8 Å². The van der Waals surface area contributed by atoms with Gasteiger partial charge in [-0.05, 0) is 38.8 Å². The predicted octanol–water partition coefficient (Wildman–Crippen LogP) is 2.81. The number of aromatic nitrogens is 6. The van der Waals surface area contributed by atoms with E-state index in [0.29, 0.717) is 34.6 Å². The van der Waals surface area contributed by atoms with Crippen molar-refractivity contribution in [1.29, 1.82) is 0 Å². The van der Waals surface area contributed by atoms with E-state index >= 15 is 0 Å². The lowest BCUT2D eigenvalue weighted by atomic mass is 10.1. The van der Waals surface area contributed by atoms with Crippen molar-refractivity contribution in [1.82, 2.24) is 35.0 Å². The van der Waals surface area contributed by atoms with E-state index in [1.807, 2.05) is 37.8 Å². The quantitative estimate of drug-likeness (QED) is 0.527. The van der Waals surface area contributed by atoms with Crippen LogP contribution >= 0.6 is 0 Å². The lowest BCUT2D eigenvalue weighted by molar-refractivity contribution is 0.0948. The molecular formula is C21H25N7O2. The number of hydrogen-bond donors (Lipinski definition) is 1. The molecule has 9 heteroatoms. The van der Waals surface area contributed by atoms with Crippen molar-refractivity contribution in [2.24, 2.45) is 13.0 Å². The Morgan fingerprint density at radius 1 is 1.27 bits per heavy atom. The van der Waals surface area contributed by atoms with E-state index in [9.17, 15) is 4.79 Å². The minimum Gasteiger partial charge on any atom is -0.352 e. The van der Waals surface area contributed by atoms with E-state index in [1.54, 1.807) is 23.9 Å². The SMILES string of the molecule is Cc1cc(C)n(CC(C)CNC(=O)c2cc(-c3cnn(C)c3)nc3onc(C)c23)n1. The summed E-state index contributed by atoms with van der Waals surface area (Å²) in [5.41, 5.74) is 5.01. The Labute approximate surface area is 174 Å². The number of nitrogens with one attached hydrogen (secondary N) is 1. The van der Waals surface area contributed by atoms with Crippen LogP contribution in [0.15, 0.2) is 29.0 Å². The number of hydrogen-bond acceptors (Lipinski definition) is 6. The number of fused-ring (bicyclic) bond motifs is 1. The van der Waals surface area contributed by atoms with Gasteiger partial charge in [0.05, 0.1) is 34.2 Å². The molecule has 0 aromatic carbocycles. The average Bonchev–Trinajstić information content (AvgIpc) is 3.38. The molecule has 0 spiro atoms. The number of aryl methyl sites for hydroxylation is 4. The average molecular weight is 407 g/mol. The van der Waals surface area contributed by atoms with Crippen molar-refractivity contribution in [2.75, 3.05) is 6.54 Å². The van der Waals surface area contributed by atoms with Crippen molar-refractivity contribution < 1.29 is 9.32 Å². The van der Waals surface area contributed by atoms with Gasteiger partial charge in [0.1, 0.15) is 0 Å². The third-order valence-corrected chi connectivity index (χ3v) is 5.06. The molecule has 0 saturated carbocycles.